The summed E-state index contributed by atoms with van der Waals surface area (Å²) in [5, 5.41) is 0. The molecule has 1 aliphatic carbocycles. The highest BCUT2D eigenvalue weighted by atomic mass is 14.7. The summed E-state index contributed by atoms with van der Waals surface area (Å²) in [6.45, 7) is 22.0. The fraction of sp³-hybridized carbons (Fsp3) is 1.00. The third-order valence-electron chi connectivity index (χ3n) is 6.84. The Morgan fingerprint density at radius 3 is 1.50 bits per heavy atom. The molecular formula is C16H32. The van der Waals surface area contributed by atoms with Gasteiger partial charge in [0.05, 0.1) is 0 Å². The van der Waals surface area contributed by atoms with E-state index in [0.717, 1.165) is 29.6 Å². The summed E-state index contributed by atoms with van der Waals surface area (Å²) in [7, 11) is 0. The van der Waals surface area contributed by atoms with Gasteiger partial charge in [-0.25, -0.2) is 0 Å². The molecule has 0 aromatic heterocycles. The molecule has 0 heterocycles. The van der Waals surface area contributed by atoms with Gasteiger partial charge in [-0.15, -0.1) is 0 Å². The van der Waals surface area contributed by atoms with Gasteiger partial charge in [0.2, 0.25) is 0 Å². The predicted molar refractivity (Wildman–Crippen MR) is 73.4 cm³/mol. The SMILES string of the molecule is CC(C)C(C)C(C)(C(C)C)C1(C)C(C)C1C. The first kappa shape index (κ1) is 14.1. The number of hydrogen-bond donors (Lipinski definition) is 0. The van der Waals surface area contributed by atoms with E-state index in [0.29, 0.717) is 10.8 Å². The van der Waals surface area contributed by atoms with Crippen LogP contribution in [0.2, 0.25) is 0 Å². The molecule has 4 unspecified atom stereocenters. The monoisotopic (exact) mass is 224 g/mol. The van der Waals surface area contributed by atoms with Crippen molar-refractivity contribution in [3.05, 3.63) is 0 Å². The van der Waals surface area contributed by atoms with Crippen molar-refractivity contribution in [3.8, 4) is 0 Å². The summed E-state index contributed by atoms with van der Waals surface area (Å²) >= 11 is 0. The van der Waals surface area contributed by atoms with Crippen molar-refractivity contribution < 1.29 is 0 Å². The first-order valence-electron chi connectivity index (χ1n) is 7.11. The van der Waals surface area contributed by atoms with Crippen molar-refractivity contribution >= 4 is 0 Å². The van der Waals surface area contributed by atoms with Crippen molar-refractivity contribution in [2.75, 3.05) is 0 Å². The molecule has 0 radical (unpaired) electrons. The van der Waals surface area contributed by atoms with E-state index in [2.05, 4.69) is 62.3 Å². The third kappa shape index (κ3) is 1.56. The third-order valence-corrected chi connectivity index (χ3v) is 6.84. The fourth-order valence-electron chi connectivity index (χ4n) is 4.30. The number of rotatable bonds is 4. The Balaban J connectivity index is 3.09. The lowest BCUT2D eigenvalue weighted by Crippen LogP contribution is -2.42. The predicted octanol–water partition coefficient (Wildman–Crippen LogP) is 5.23. The van der Waals surface area contributed by atoms with Gasteiger partial charge in [0, 0.05) is 0 Å². The second-order valence-electron chi connectivity index (χ2n) is 7.33. The molecule has 0 amide bonds. The smallest absolute Gasteiger partial charge is 0.0210 e. The van der Waals surface area contributed by atoms with E-state index in [9.17, 15) is 0 Å². The second-order valence-corrected chi connectivity index (χ2v) is 7.33. The van der Waals surface area contributed by atoms with Gasteiger partial charge in [-0.1, -0.05) is 62.3 Å². The van der Waals surface area contributed by atoms with Gasteiger partial charge in [-0.3, -0.25) is 0 Å². The van der Waals surface area contributed by atoms with E-state index in [4.69, 9.17) is 0 Å². The highest BCUT2D eigenvalue weighted by molar-refractivity contribution is 5.14. The molecule has 0 nitrogen and oxygen atoms in total. The molecule has 0 N–H and O–H groups in total. The average Bonchev–Trinajstić information content (AvgIpc) is 2.68. The second kappa shape index (κ2) is 4.03. The Bertz CT molecular complexity index is 243. The van der Waals surface area contributed by atoms with Crippen molar-refractivity contribution in [1.82, 2.24) is 0 Å². The average molecular weight is 224 g/mol. The van der Waals surface area contributed by atoms with Gasteiger partial charge in [0.15, 0.2) is 0 Å². The van der Waals surface area contributed by atoms with Crippen LogP contribution >= 0.6 is 0 Å². The zero-order valence-corrected chi connectivity index (χ0v) is 12.9. The van der Waals surface area contributed by atoms with E-state index in [1.807, 2.05) is 0 Å². The van der Waals surface area contributed by atoms with Gasteiger partial charge >= 0.3 is 0 Å². The van der Waals surface area contributed by atoms with Crippen LogP contribution < -0.4 is 0 Å². The summed E-state index contributed by atoms with van der Waals surface area (Å²) in [6, 6.07) is 0. The van der Waals surface area contributed by atoms with Crippen molar-refractivity contribution in [3.63, 3.8) is 0 Å². The molecule has 16 heavy (non-hydrogen) atoms. The molecule has 1 rings (SSSR count). The molecule has 0 aromatic rings. The van der Waals surface area contributed by atoms with Gasteiger partial charge in [-0.2, -0.15) is 0 Å². The topological polar surface area (TPSA) is 0 Å². The standard InChI is InChI=1S/C16H32/c1-10(2)12(5)15(8,11(3)4)16(9)13(6)14(16)7/h10-14H,1-9H3. The lowest BCUT2D eigenvalue weighted by molar-refractivity contribution is -0.00159. The maximum Gasteiger partial charge on any atom is -0.0210 e. The Morgan fingerprint density at radius 1 is 0.938 bits per heavy atom. The molecule has 0 heteroatoms. The molecule has 0 saturated heterocycles. The lowest BCUT2D eigenvalue weighted by Gasteiger charge is -2.48. The van der Waals surface area contributed by atoms with E-state index in [1.165, 1.54) is 0 Å². The summed E-state index contributed by atoms with van der Waals surface area (Å²) < 4.78 is 0. The van der Waals surface area contributed by atoms with E-state index in [1.54, 1.807) is 0 Å². The minimum atomic E-state index is 0.472. The zero-order valence-electron chi connectivity index (χ0n) is 12.9. The zero-order chi connectivity index (χ0) is 12.9. The molecule has 1 saturated carbocycles. The van der Waals surface area contributed by atoms with Gasteiger partial charge in [0.25, 0.3) is 0 Å². The maximum atomic E-state index is 2.54. The molecule has 0 bridgehead atoms. The van der Waals surface area contributed by atoms with Gasteiger partial charge in [0.1, 0.15) is 0 Å². The van der Waals surface area contributed by atoms with Crippen LogP contribution in [0.5, 0.6) is 0 Å². The van der Waals surface area contributed by atoms with Crippen molar-refractivity contribution in [1.29, 1.82) is 0 Å². The molecule has 0 aromatic carbocycles. The van der Waals surface area contributed by atoms with Gasteiger partial charge in [-0.05, 0) is 40.4 Å². The molecule has 4 atom stereocenters. The summed E-state index contributed by atoms with van der Waals surface area (Å²) in [5.74, 6) is 4.12. The van der Waals surface area contributed by atoms with E-state index >= 15 is 0 Å². The van der Waals surface area contributed by atoms with E-state index < -0.39 is 0 Å². The van der Waals surface area contributed by atoms with Crippen LogP contribution in [-0.2, 0) is 0 Å². The molecule has 0 spiro atoms. The Labute approximate surface area is 103 Å². The van der Waals surface area contributed by atoms with Crippen LogP contribution in [0.1, 0.15) is 62.3 Å². The van der Waals surface area contributed by atoms with Crippen LogP contribution in [0, 0.1) is 40.4 Å². The van der Waals surface area contributed by atoms with Crippen LogP contribution in [-0.4, -0.2) is 0 Å². The quantitative estimate of drug-likeness (QED) is 0.613. The van der Waals surface area contributed by atoms with E-state index in [-0.39, 0.29) is 0 Å². The van der Waals surface area contributed by atoms with Crippen LogP contribution in [0.15, 0.2) is 0 Å². The maximum absolute atomic E-state index is 2.54. The molecule has 1 aliphatic rings. The summed E-state index contributed by atoms with van der Waals surface area (Å²) in [5.41, 5.74) is 1.02. The Kier molecular flexibility index (Phi) is 3.54. The van der Waals surface area contributed by atoms with Gasteiger partial charge < -0.3 is 0 Å². The summed E-state index contributed by atoms with van der Waals surface area (Å²) in [4.78, 5) is 0. The minimum Gasteiger partial charge on any atom is -0.0625 e. The normalized spacial score (nSPS) is 39.9. The molecule has 96 valence electrons. The Morgan fingerprint density at radius 2 is 1.31 bits per heavy atom. The van der Waals surface area contributed by atoms with Crippen molar-refractivity contribution in [2.24, 2.45) is 40.4 Å². The van der Waals surface area contributed by atoms with Crippen LogP contribution in [0.3, 0.4) is 0 Å². The Hall–Kier alpha value is 0. The van der Waals surface area contributed by atoms with Crippen LogP contribution in [0.25, 0.3) is 0 Å². The first-order chi connectivity index (χ1) is 7.11. The van der Waals surface area contributed by atoms with Crippen LogP contribution in [0.4, 0.5) is 0 Å². The fourth-order valence-corrected chi connectivity index (χ4v) is 4.30. The largest absolute Gasteiger partial charge is 0.0625 e. The molecule has 1 fully saturated rings. The molecule has 0 aliphatic heterocycles. The first-order valence-corrected chi connectivity index (χ1v) is 7.11. The number of hydrogen-bond acceptors (Lipinski definition) is 0. The highest BCUT2D eigenvalue weighted by Gasteiger charge is 2.66. The van der Waals surface area contributed by atoms with Crippen molar-refractivity contribution in [2.45, 2.75) is 62.3 Å². The summed E-state index contributed by atoms with van der Waals surface area (Å²) in [6.07, 6.45) is 0. The lowest BCUT2D eigenvalue weighted by atomic mass is 9.56. The highest BCUT2D eigenvalue weighted by Crippen LogP contribution is 2.72. The minimum absolute atomic E-state index is 0.472. The molecular weight excluding hydrogens is 192 g/mol.